The van der Waals surface area contributed by atoms with Crippen LogP contribution in [0.15, 0.2) is 18.2 Å². The molecular formula is C18H26O. The standard InChI is InChI=1S/C18H26O/c1-12-10-13-14(17(2,3)4)8-9-18(5,6)15(13)11-16(12)19-7/h8,10-11H,9H2,1-7H3. The lowest BCUT2D eigenvalue weighted by Gasteiger charge is -2.37. The monoisotopic (exact) mass is 258 g/mol. The van der Waals surface area contributed by atoms with E-state index in [-0.39, 0.29) is 10.8 Å². The van der Waals surface area contributed by atoms with Gasteiger partial charge in [0.05, 0.1) is 7.11 Å². The van der Waals surface area contributed by atoms with E-state index in [1.165, 1.54) is 22.3 Å². The number of hydrogen-bond acceptors (Lipinski definition) is 1. The van der Waals surface area contributed by atoms with E-state index in [0.29, 0.717) is 0 Å². The molecule has 1 heteroatoms. The molecule has 1 aliphatic rings. The number of allylic oxidation sites excluding steroid dienone is 2. The predicted molar refractivity (Wildman–Crippen MR) is 82.8 cm³/mol. The van der Waals surface area contributed by atoms with Crippen molar-refractivity contribution in [3.8, 4) is 5.75 Å². The van der Waals surface area contributed by atoms with E-state index in [1.54, 1.807) is 7.11 Å². The first-order chi connectivity index (χ1) is 8.66. The van der Waals surface area contributed by atoms with Gasteiger partial charge in [0, 0.05) is 0 Å². The lowest BCUT2D eigenvalue weighted by Crippen LogP contribution is -2.25. The lowest BCUT2D eigenvalue weighted by molar-refractivity contribution is 0.408. The highest BCUT2D eigenvalue weighted by atomic mass is 16.5. The number of rotatable bonds is 1. The van der Waals surface area contributed by atoms with Crippen molar-refractivity contribution in [1.29, 1.82) is 0 Å². The molecule has 19 heavy (non-hydrogen) atoms. The van der Waals surface area contributed by atoms with Crippen LogP contribution in [0.5, 0.6) is 5.75 Å². The van der Waals surface area contributed by atoms with Crippen LogP contribution >= 0.6 is 0 Å². The Bertz CT molecular complexity index is 527. The Balaban J connectivity index is 2.69. The molecule has 1 aliphatic carbocycles. The first kappa shape index (κ1) is 14.2. The second-order valence-electron chi connectivity index (χ2n) is 7.32. The minimum atomic E-state index is 0.186. The Morgan fingerprint density at radius 2 is 1.79 bits per heavy atom. The Morgan fingerprint density at radius 1 is 1.16 bits per heavy atom. The molecule has 0 aromatic heterocycles. The maximum atomic E-state index is 5.51. The first-order valence-corrected chi connectivity index (χ1v) is 7.07. The van der Waals surface area contributed by atoms with Crippen molar-refractivity contribution in [2.75, 3.05) is 7.11 Å². The van der Waals surface area contributed by atoms with Crippen LogP contribution in [-0.2, 0) is 5.41 Å². The van der Waals surface area contributed by atoms with Crippen LogP contribution in [0, 0.1) is 12.3 Å². The van der Waals surface area contributed by atoms with Crippen molar-refractivity contribution in [2.24, 2.45) is 5.41 Å². The van der Waals surface area contributed by atoms with Crippen LogP contribution in [-0.4, -0.2) is 7.11 Å². The van der Waals surface area contributed by atoms with E-state index >= 15 is 0 Å². The smallest absolute Gasteiger partial charge is 0.122 e. The molecule has 2 rings (SSSR count). The van der Waals surface area contributed by atoms with E-state index in [4.69, 9.17) is 4.74 Å². The molecule has 0 unspecified atom stereocenters. The van der Waals surface area contributed by atoms with Crippen LogP contribution in [0.3, 0.4) is 0 Å². The van der Waals surface area contributed by atoms with Crippen molar-refractivity contribution in [3.63, 3.8) is 0 Å². The summed E-state index contributed by atoms with van der Waals surface area (Å²) in [4.78, 5) is 0. The largest absolute Gasteiger partial charge is 0.496 e. The molecule has 0 aliphatic heterocycles. The zero-order chi connectivity index (χ0) is 14.4. The highest BCUT2D eigenvalue weighted by Gasteiger charge is 2.32. The third-order valence-electron chi connectivity index (χ3n) is 4.18. The molecule has 0 atom stereocenters. The summed E-state index contributed by atoms with van der Waals surface area (Å²) < 4.78 is 5.51. The van der Waals surface area contributed by atoms with Gasteiger partial charge in [-0.05, 0) is 58.6 Å². The minimum Gasteiger partial charge on any atom is -0.496 e. The third-order valence-corrected chi connectivity index (χ3v) is 4.18. The molecule has 1 aromatic rings. The summed E-state index contributed by atoms with van der Waals surface area (Å²) in [5.74, 6) is 1.00. The van der Waals surface area contributed by atoms with Gasteiger partial charge in [-0.15, -0.1) is 0 Å². The summed E-state index contributed by atoms with van der Waals surface area (Å²) in [5.41, 5.74) is 5.88. The van der Waals surface area contributed by atoms with Crippen molar-refractivity contribution in [1.82, 2.24) is 0 Å². The second-order valence-corrected chi connectivity index (χ2v) is 7.32. The SMILES string of the molecule is COc1cc2c(cc1C)C(C(C)(C)C)=CCC2(C)C. The summed E-state index contributed by atoms with van der Waals surface area (Å²) >= 11 is 0. The van der Waals surface area contributed by atoms with Gasteiger partial charge >= 0.3 is 0 Å². The molecule has 0 saturated carbocycles. The van der Waals surface area contributed by atoms with Gasteiger partial charge in [0.15, 0.2) is 0 Å². The number of ether oxygens (including phenoxy) is 1. The van der Waals surface area contributed by atoms with E-state index in [9.17, 15) is 0 Å². The van der Waals surface area contributed by atoms with Crippen molar-refractivity contribution < 1.29 is 4.74 Å². The van der Waals surface area contributed by atoms with Gasteiger partial charge in [-0.25, -0.2) is 0 Å². The topological polar surface area (TPSA) is 9.23 Å². The third kappa shape index (κ3) is 2.43. The average Bonchev–Trinajstić information content (AvgIpc) is 2.26. The maximum Gasteiger partial charge on any atom is 0.122 e. The van der Waals surface area contributed by atoms with E-state index in [1.807, 2.05) is 0 Å². The van der Waals surface area contributed by atoms with Gasteiger partial charge in [-0.1, -0.05) is 40.7 Å². The molecule has 0 N–H and O–H groups in total. The number of benzene rings is 1. The fourth-order valence-corrected chi connectivity index (χ4v) is 2.98. The van der Waals surface area contributed by atoms with Crippen molar-refractivity contribution >= 4 is 5.57 Å². The summed E-state index contributed by atoms with van der Waals surface area (Å²) in [7, 11) is 1.76. The summed E-state index contributed by atoms with van der Waals surface area (Å²) in [6.07, 6.45) is 3.52. The van der Waals surface area contributed by atoms with Crippen LogP contribution in [0.4, 0.5) is 0 Å². The van der Waals surface area contributed by atoms with Crippen LogP contribution < -0.4 is 4.74 Å². The number of fused-ring (bicyclic) bond motifs is 1. The molecule has 104 valence electrons. The zero-order valence-corrected chi connectivity index (χ0v) is 13.3. The number of methoxy groups -OCH3 is 1. The van der Waals surface area contributed by atoms with Gasteiger partial charge in [-0.2, -0.15) is 0 Å². The lowest BCUT2D eigenvalue weighted by atomic mass is 9.68. The normalized spacial score (nSPS) is 17.7. The quantitative estimate of drug-likeness (QED) is 0.679. The molecule has 0 bridgehead atoms. The molecule has 0 heterocycles. The van der Waals surface area contributed by atoms with Gasteiger partial charge in [0.25, 0.3) is 0 Å². The van der Waals surface area contributed by atoms with Crippen LogP contribution in [0.2, 0.25) is 0 Å². The first-order valence-electron chi connectivity index (χ1n) is 7.07. The fraction of sp³-hybridized carbons (Fsp3) is 0.556. The van der Waals surface area contributed by atoms with Gasteiger partial charge in [-0.3, -0.25) is 0 Å². The van der Waals surface area contributed by atoms with Crippen LogP contribution in [0.1, 0.15) is 57.7 Å². The highest BCUT2D eigenvalue weighted by molar-refractivity contribution is 5.76. The van der Waals surface area contributed by atoms with E-state index in [0.717, 1.165) is 12.2 Å². The van der Waals surface area contributed by atoms with Crippen LogP contribution in [0.25, 0.3) is 5.57 Å². The maximum absolute atomic E-state index is 5.51. The number of hydrogen-bond donors (Lipinski definition) is 0. The Labute approximate surface area is 117 Å². The molecule has 0 fully saturated rings. The van der Waals surface area contributed by atoms with Gasteiger partial charge < -0.3 is 4.74 Å². The fourth-order valence-electron chi connectivity index (χ4n) is 2.98. The second kappa shape index (κ2) is 4.40. The number of aryl methyl sites for hydroxylation is 1. The molecule has 0 radical (unpaired) electrons. The van der Waals surface area contributed by atoms with Crippen molar-refractivity contribution in [3.05, 3.63) is 34.9 Å². The summed E-state index contributed by atoms with van der Waals surface area (Å²) in [6.45, 7) is 13.6. The summed E-state index contributed by atoms with van der Waals surface area (Å²) in [6, 6.07) is 4.54. The highest BCUT2D eigenvalue weighted by Crippen LogP contribution is 2.47. The minimum absolute atomic E-state index is 0.186. The van der Waals surface area contributed by atoms with E-state index in [2.05, 4.69) is 59.8 Å². The molecular weight excluding hydrogens is 232 g/mol. The Kier molecular flexibility index (Phi) is 3.28. The van der Waals surface area contributed by atoms with E-state index < -0.39 is 0 Å². The Morgan fingerprint density at radius 3 is 2.32 bits per heavy atom. The summed E-state index contributed by atoms with van der Waals surface area (Å²) in [5, 5.41) is 0. The predicted octanol–water partition coefficient (Wildman–Crippen LogP) is 5.11. The van der Waals surface area contributed by atoms with Gasteiger partial charge in [0.1, 0.15) is 5.75 Å². The molecule has 0 amide bonds. The zero-order valence-electron chi connectivity index (χ0n) is 13.3. The molecule has 1 nitrogen and oxygen atoms in total. The van der Waals surface area contributed by atoms with Crippen molar-refractivity contribution in [2.45, 2.75) is 53.4 Å². The molecule has 1 aromatic carbocycles. The average molecular weight is 258 g/mol. The Hall–Kier alpha value is -1.24. The van der Waals surface area contributed by atoms with Gasteiger partial charge in [0.2, 0.25) is 0 Å². The molecule has 0 spiro atoms. The molecule has 0 saturated heterocycles.